The van der Waals surface area contributed by atoms with Crippen LogP contribution >= 0.6 is 0 Å². The van der Waals surface area contributed by atoms with Crippen LogP contribution in [0, 0.1) is 6.92 Å². The highest BCUT2D eigenvalue weighted by Gasteiger charge is 2.46. The van der Waals surface area contributed by atoms with Gasteiger partial charge in [0.1, 0.15) is 11.5 Å². The second-order valence-corrected chi connectivity index (χ2v) is 4.46. The Morgan fingerprint density at radius 1 is 1.25 bits per heavy atom. The van der Waals surface area contributed by atoms with Crippen molar-refractivity contribution in [3.63, 3.8) is 0 Å². The zero-order valence-electron chi connectivity index (χ0n) is 10.0. The monoisotopic (exact) mass is 222 g/mol. The van der Waals surface area contributed by atoms with Gasteiger partial charge in [-0.05, 0) is 31.4 Å². The summed E-state index contributed by atoms with van der Waals surface area (Å²) in [7, 11) is 3.30. The predicted octanol–water partition coefficient (Wildman–Crippen LogP) is 2.04. The van der Waals surface area contributed by atoms with Crippen molar-refractivity contribution in [3.05, 3.63) is 23.3 Å². The van der Waals surface area contributed by atoms with Crippen LogP contribution in [0.4, 0.5) is 0 Å². The largest absolute Gasteiger partial charge is 0.497 e. The van der Waals surface area contributed by atoms with E-state index in [0.717, 1.165) is 35.5 Å². The van der Waals surface area contributed by atoms with Crippen molar-refractivity contribution < 1.29 is 14.6 Å². The Balaban J connectivity index is 2.51. The van der Waals surface area contributed by atoms with Crippen LogP contribution in [0.3, 0.4) is 0 Å². The van der Waals surface area contributed by atoms with Gasteiger partial charge < -0.3 is 14.6 Å². The highest BCUT2D eigenvalue weighted by Crippen LogP contribution is 2.52. The summed E-state index contributed by atoms with van der Waals surface area (Å²) in [6, 6.07) is 3.88. The minimum atomic E-state index is -0.0678. The van der Waals surface area contributed by atoms with Crippen LogP contribution in [0.25, 0.3) is 0 Å². The molecule has 0 spiro atoms. The maximum atomic E-state index is 9.49. The molecule has 1 N–H and O–H groups in total. The van der Waals surface area contributed by atoms with Crippen molar-refractivity contribution in [3.8, 4) is 11.5 Å². The van der Waals surface area contributed by atoms with Gasteiger partial charge in [-0.15, -0.1) is 0 Å². The zero-order chi connectivity index (χ0) is 11.8. The molecule has 0 amide bonds. The van der Waals surface area contributed by atoms with E-state index in [-0.39, 0.29) is 12.0 Å². The van der Waals surface area contributed by atoms with E-state index in [2.05, 4.69) is 0 Å². The molecule has 0 atom stereocenters. The fourth-order valence-corrected chi connectivity index (χ4v) is 2.32. The molecule has 0 heterocycles. The van der Waals surface area contributed by atoms with E-state index in [1.54, 1.807) is 14.2 Å². The molecule has 16 heavy (non-hydrogen) atoms. The van der Waals surface area contributed by atoms with Crippen LogP contribution in [-0.4, -0.2) is 25.9 Å². The topological polar surface area (TPSA) is 38.7 Å². The van der Waals surface area contributed by atoms with Gasteiger partial charge in [0, 0.05) is 17.0 Å². The van der Waals surface area contributed by atoms with Gasteiger partial charge >= 0.3 is 0 Å². The third-order valence-corrected chi connectivity index (χ3v) is 3.42. The summed E-state index contributed by atoms with van der Waals surface area (Å²) in [6.07, 6.45) is 2.07. The van der Waals surface area contributed by atoms with E-state index in [9.17, 15) is 5.11 Å². The molecule has 2 rings (SSSR count). The highest BCUT2D eigenvalue weighted by molar-refractivity contribution is 5.52. The quantitative estimate of drug-likeness (QED) is 0.847. The standard InChI is InChI=1S/C13H18O3/c1-9-6-10(15-2)7-11(16-3)12(9)13(8-14)4-5-13/h6-7,14H,4-5,8H2,1-3H3. The molecule has 0 unspecified atom stereocenters. The molecule has 0 saturated heterocycles. The Bertz CT molecular complexity index is 394. The Morgan fingerprint density at radius 2 is 1.94 bits per heavy atom. The van der Waals surface area contributed by atoms with E-state index in [4.69, 9.17) is 9.47 Å². The van der Waals surface area contributed by atoms with Gasteiger partial charge in [0.05, 0.1) is 20.8 Å². The van der Waals surface area contributed by atoms with Gasteiger partial charge in [0.25, 0.3) is 0 Å². The Hall–Kier alpha value is -1.22. The lowest BCUT2D eigenvalue weighted by molar-refractivity contribution is 0.251. The highest BCUT2D eigenvalue weighted by atomic mass is 16.5. The molecule has 1 fully saturated rings. The Labute approximate surface area is 96.0 Å². The number of aliphatic hydroxyl groups is 1. The Kier molecular flexibility index (Phi) is 2.80. The smallest absolute Gasteiger partial charge is 0.126 e. The number of hydrogen-bond acceptors (Lipinski definition) is 3. The van der Waals surface area contributed by atoms with Crippen molar-refractivity contribution in [2.45, 2.75) is 25.2 Å². The van der Waals surface area contributed by atoms with Crippen LogP contribution in [-0.2, 0) is 5.41 Å². The summed E-state index contributed by atoms with van der Waals surface area (Å²) in [5, 5.41) is 9.49. The average molecular weight is 222 g/mol. The normalized spacial score (nSPS) is 17.0. The summed E-state index contributed by atoms with van der Waals surface area (Å²) in [5.41, 5.74) is 2.20. The van der Waals surface area contributed by atoms with Crippen LogP contribution in [0.15, 0.2) is 12.1 Å². The number of aliphatic hydroxyl groups excluding tert-OH is 1. The van der Waals surface area contributed by atoms with Crippen molar-refractivity contribution in [2.24, 2.45) is 0 Å². The van der Waals surface area contributed by atoms with Crippen molar-refractivity contribution in [2.75, 3.05) is 20.8 Å². The van der Waals surface area contributed by atoms with Crippen LogP contribution < -0.4 is 9.47 Å². The first-order valence-corrected chi connectivity index (χ1v) is 5.51. The van der Waals surface area contributed by atoms with E-state index in [1.807, 2.05) is 19.1 Å². The molecule has 1 aromatic carbocycles. The molecule has 1 saturated carbocycles. The summed E-state index contributed by atoms with van der Waals surface area (Å²) in [4.78, 5) is 0. The van der Waals surface area contributed by atoms with Crippen molar-refractivity contribution in [1.82, 2.24) is 0 Å². The van der Waals surface area contributed by atoms with Gasteiger partial charge in [-0.1, -0.05) is 0 Å². The minimum absolute atomic E-state index is 0.0678. The first-order valence-electron chi connectivity index (χ1n) is 5.51. The van der Waals surface area contributed by atoms with Gasteiger partial charge in [0.15, 0.2) is 0 Å². The maximum Gasteiger partial charge on any atom is 0.126 e. The SMILES string of the molecule is COc1cc(C)c(C2(CO)CC2)c(OC)c1. The molecule has 1 aliphatic rings. The third-order valence-electron chi connectivity index (χ3n) is 3.42. The molecule has 0 bridgehead atoms. The van der Waals surface area contributed by atoms with Gasteiger partial charge in [0.2, 0.25) is 0 Å². The molecular formula is C13H18O3. The molecule has 1 aliphatic carbocycles. The number of ether oxygens (including phenoxy) is 2. The summed E-state index contributed by atoms with van der Waals surface area (Å²) >= 11 is 0. The molecule has 88 valence electrons. The first-order chi connectivity index (χ1) is 7.66. The fraction of sp³-hybridized carbons (Fsp3) is 0.538. The molecule has 0 radical (unpaired) electrons. The van der Waals surface area contributed by atoms with E-state index in [0.29, 0.717) is 0 Å². The molecule has 0 aromatic heterocycles. The molecule has 3 heteroatoms. The zero-order valence-corrected chi connectivity index (χ0v) is 10.0. The number of methoxy groups -OCH3 is 2. The number of rotatable bonds is 4. The number of benzene rings is 1. The van der Waals surface area contributed by atoms with Gasteiger partial charge in [-0.3, -0.25) is 0 Å². The molecule has 3 nitrogen and oxygen atoms in total. The lowest BCUT2D eigenvalue weighted by atomic mass is 9.91. The van der Waals surface area contributed by atoms with E-state index >= 15 is 0 Å². The second kappa shape index (κ2) is 3.98. The van der Waals surface area contributed by atoms with E-state index < -0.39 is 0 Å². The van der Waals surface area contributed by atoms with E-state index in [1.165, 1.54) is 0 Å². The maximum absolute atomic E-state index is 9.49. The molecular weight excluding hydrogens is 204 g/mol. The van der Waals surface area contributed by atoms with Crippen LogP contribution in [0.5, 0.6) is 11.5 Å². The first kappa shape index (κ1) is 11.3. The lowest BCUT2D eigenvalue weighted by Gasteiger charge is -2.20. The number of hydrogen-bond donors (Lipinski definition) is 1. The molecule has 0 aliphatic heterocycles. The van der Waals surface area contributed by atoms with Crippen LogP contribution in [0.1, 0.15) is 24.0 Å². The minimum Gasteiger partial charge on any atom is -0.497 e. The Morgan fingerprint density at radius 3 is 2.38 bits per heavy atom. The number of aryl methyl sites for hydroxylation is 1. The third kappa shape index (κ3) is 1.65. The van der Waals surface area contributed by atoms with Gasteiger partial charge in [-0.25, -0.2) is 0 Å². The van der Waals surface area contributed by atoms with Crippen molar-refractivity contribution >= 4 is 0 Å². The average Bonchev–Trinajstić information content (AvgIpc) is 3.08. The second-order valence-electron chi connectivity index (χ2n) is 4.46. The van der Waals surface area contributed by atoms with Gasteiger partial charge in [-0.2, -0.15) is 0 Å². The van der Waals surface area contributed by atoms with Crippen LogP contribution in [0.2, 0.25) is 0 Å². The fourth-order valence-electron chi connectivity index (χ4n) is 2.32. The van der Waals surface area contributed by atoms with Crippen molar-refractivity contribution in [1.29, 1.82) is 0 Å². The summed E-state index contributed by atoms with van der Waals surface area (Å²) < 4.78 is 10.6. The molecule has 1 aromatic rings. The summed E-state index contributed by atoms with van der Waals surface area (Å²) in [5.74, 6) is 1.62. The lowest BCUT2D eigenvalue weighted by Crippen LogP contribution is -2.15. The predicted molar refractivity (Wildman–Crippen MR) is 62.3 cm³/mol. The summed E-state index contributed by atoms with van der Waals surface area (Å²) in [6.45, 7) is 2.23.